The highest BCUT2D eigenvalue weighted by Crippen LogP contribution is 2.24. The molecule has 2 N–H and O–H groups in total. The number of amides is 3. The number of rotatable bonds is 7. The van der Waals surface area contributed by atoms with Gasteiger partial charge in [0.25, 0.3) is 5.91 Å². The number of hydrogen-bond donors (Lipinski definition) is 2. The molecule has 4 rings (SSSR count). The van der Waals surface area contributed by atoms with Gasteiger partial charge in [-0.15, -0.1) is 0 Å². The topological polar surface area (TPSA) is 92.4 Å². The fraction of sp³-hybridized carbons (Fsp3) is 0.348. The molecule has 0 saturated carbocycles. The molecular formula is C23H26FN5O3S. The highest BCUT2D eigenvalue weighted by Gasteiger charge is 2.26. The van der Waals surface area contributed by atoms with Crippen LogP contribution in [0.2, 0.25) is 0 Å². The van der Waals surface area contributed by atoms with E-state index < -0.39 is 11.8 Å². The summed E-state index contributed by atoms with van der Waals surface area (Å²) in [6.45, 7) is 1.62. The Labute approximate surface area is 195 Å². The van der Waals surface area contributed by atoms with Gasteiger partial charge in [-0.05, 0) is 49.1 Å². The Morgan fingerprint density at radius 3 is 2.97 bits per heavy atom. The summed E-state index contributed by atoms with van der Waals surface area (Å²) < 4.78 is 21.0. The molecule has 0 aliphatic carbocycles. The van der Waals surface area contributed by atoms with Crippen molar-refractivity contribution in [3.8, 4) is 0 Å². The third-order valence-corrected chi connectivity index (χ3v) is 6.51. The first kappa shape index (κ1) is 22.9. The maximum atomic E-state index is 13.3. The molecule has 1 aliphatic heterocycles. The maximum absolute atomic E-state index is 13.3. The Balaban J connectivity index is 1.25. The van der Waals surface area contributed by atoms with Gasteiger partial charge in [-0.25, -0.2) is 14.2 Å². The summed E-state index contributed by atoms with van der Waals surface area (Å²) in [7, 11) is 1.93. The lowest BCUT2D eigenvalue weighted by atomic mass is 9.98. The van der Waals surface area contributed by atoms with Crippen molar-refractivity contribution in [3.05, 3.63) is 66.1 Å². The molecular weight excluding hydrogens is 445 g/mol. The fourth-order valence-corrected chi connectivity index (χ4v) is 4.57. The van der Waals surface area contributed by atoms with Gasteiger partial charge in [0, 0.05) is 44.8 Å². The number of furan rings is 1. The van der Waals surface area contributed by atoms with Crippen molar-refractivity contribution in [1.29, 1.82) is 0 Å². The molecule has 8 nitrogen and oxygen atoms in total. The molecule has 174 valence electrons. The second-order valence-electron chi connectivity index (χ2n) is 7.98. The molecule has 2 aromatic heterocycles. The largest absolute Gasteiger partial charge is 0.455 e. The number of benzene rings is 1. The van der Waals surface area contributed by atoms with Gasteiger partial charge in [0.2, 0.25) is 0 Å². The average molecular weight is 472 g/mol. The Hall–Kier alpha value is -3.27. The lowest BCUT2D eigenvalue weighted by Crippen LogP contribution is -2.44. The average Bonchev–Trinajstić information content (AvgIpc) is 3.45. The molecule has 1 fully saturated rings. The van der Waals surface area contributed by atoms with Crippen LogP contribution in [0.5, 0.6) is 0 Å². The van der Waals surface area contributed by atoms with Crippen molar-refractivity contribution in [2.75, 3.05) is 25.0 Å². The van der Waals surface area contributed by atoms with E-state index in [1.165, 1.54) is 18.2 Å². The molecule has 0 bridgehead atoms. The van der Waals surface area contributed by atoms with E-state index in [-0.39, 0.29) is 11.8 Å². The van der Waals surface area contributed by atoms with E-state index in [0.717, 1.165) is 23.8 Å². The van der Waals surface area contributed by atoms with Crippen LogP contribution >= 0.6 is 11.8 Å². The highest BCUT2D eigenvalue weighted by molar-refractivity contribution is 7.98. The number of likely N-dealkylation sites (tertiary alicyclic amines) is 1. The van der Waals surface area contributed by atoms with Crippen molar-refractivity contribution < 1.29 is 18.4 Å². The monoisotopic (exact) mass is 471 g/mol. The smallest absolute Gasteiger partial charge is 0.319 e. The van der Waals surface area contributed by atoms with Crippen molar-refractivity contribution in [1.82, 2.24) is 19.8 Å². The van der Waals surface area contributed by atoms with Gasteiger partial charge in [-0.2, -0.15) is 0 Å². The zero-order valence-corrected chi connectivity index (χ0v) is 19.1. The number of carbonyl (C=O) groups excluding carboxylic acids is 2. The Morgan fingerprint density at radius 1 is 1.30 bits per heavy atom. The van der Waals surface area contributed by atoms with E-state index in [2.05, 4.69) is 15.6 Å². The second-order valence-corrected chi connectivity index (χ2v) is 8.92. The lowest BCUT2D eigenvalue weighted by Gasteiger charge is -2.32. The predicted molar refractivity (Wildman–Crippen MR) is 124 cm³/mol. The summed E-state index contributed by atoms with van der Waals surface area (Å²) in [4.78, 5) is 31.1. The minimum absolute atomic E-state index is 0.134. The molecule has 1 aliphatic rings. The number of anilines is 1. The summed E-state index contributed by atoms with van der Waals surface area (Å²) in [6.07, 6.45) is 5.39. The van der Waals surface area contributed by atoms with E-state index in [4.69, 9.17) is 4.42 Å². The number of carbonyl (C=O) groups is 2. The van der Waals surface area contributed by atoms with Crippen molar-refractivity contribution in [2.45, 2.75) is 23.8 Å². The minimum Gasteiger partial charge on any atom is -0.455 e. The molecule has 3 heterocycles. The van der Waals surface area contributed by atoms with Crippen molar-refractivity contribution in [2.24, 2.45) is 13.0 Å². The number of aromatic nitrogens is 2. The first-order chi connectivity index (χ1) is 16.0. The van der Waals surface area contributed by atoms with Crippen molar-refractivity contribution >= 4 is 29.4 Å². The molecule has 3 aromatic rings. The normalized spacial score (nSPS) is 15.9. The van der Waals surface area contributed by atoms with Crippen LogP contribution in [0.15, 0.2) is 58.4 Å². The van der Waals surface area contributed by atoms with E-state index in [0.29, 0.717) is 36.8 Å². The third-order valence-electron chi connectivity index (χ3n) is 5.43. The quantitative estimate of drug-likeness (QED) is 0.506. The number of aryl methyl sites for hydroxylation is 1. The molecule has 1 aromatic carbocycles. The van der Waals surface area contributed by atoms with E-state index >= 15 is 0 Å². The first-order valence-electron chi connectivity index (χ1n) is 10.8. The van der Waals surface area contributed by atoms with Crippen LogP contribution in [0.4, 0.5) is 14.9 Å². The summed E-state index contributed by atoms with van der Waals surface area (Å²) >= 11 is 1.54. The van der Waals surface area contributed by atoms with Crippen LogP contribution in [0.25, 0.3) is 0 Å². The maximum Gasteiger partial charge on any atom is 0.319 e. The van der Waals surface area contributed by atoms with Gasteiger partial charge in [-0.3, -0.25) is 4.79 Å². The number of halogens is 1. The summed E-state index contributed by atoms with van der Waals surface area (Å²) in [5.41, 5.74) is 0.391. The number of thioether (sulfide) groups is 1. The standard InChI is InChI=1S/C23H26FN5O3S/c1-28-11-9-25-23(28)33-15-19-7-8-20(32-19)21(30)29-10-3-4-16(14-29)13-26-22(31)27-18-6-2-5-17(24)12-18/h2,5-9,11-12,16H,3-4,10,13-15H2,1H3,(H2,26,27,31). The van der Waals surface area contributed by atoms with E-state index in [1.54, 1.807) is 35.0 Å². The summed E-state index contributed by atoms with van der Waals surface area (Å²) in [5, 5.41) is 6.31. The van der Waals surface area contributed by atoms with Crippen molar-refractivity contribution in [3.63, 3.8) is 0 Å². The number of hydrogen-bond acceptors (Lipinski definition) is 5. The highest BCUT2D eigenvalue weighted by atomic mass is 32.2. The van der Waals surface area contributed by atoms with Gasteiger partial charge in [0.15, 0.2) is 10.9 Å². The van der Waals surface area contributed by atoms with Crippen LogP contribution in [0.3, 0.4) is 0 Å². The lowest BCUT2D eigenvalue weighted by molar-refractivity contribution is 0.0641. The Morgan fingerprint density at radius 2 is 2.18 bits per heavy atom. The summed E-state index contributed by atoms with van der Waals surface area (Å²) in [6, 6.07) is 8.87. The first-order valence-corrected chi connectivity index (χ1v) is 11.7. The number of nitrogens with one attached hydrogen (secondary N) is 2. The molecule has 1 unspecified atom stereocenters. The second kappa shape index (κ2) is 10.6. The van der Waals surface area contributed by atoms with Gasteiger partial charge >= 0.3 is 6.03 Å². The van der Waals surface area contributed by atoms with Gasteiger partial charge in [0.1, 0.15) is 11.6 Å². The van der Waals surface area contributed by atoms with E-state index in [9.17, 15) is 14.0 Å². The van der Waals surface area contributed by atoms with Gasteiger partial charge < -0.3 is 24.5 Å². The molecule has 1 atom stereocenters. The number of piperidine rings is 1. The third kappa shape index (κ3) is 6.16. The fourth-order valence-electron chi connectivity index (χ4n) is 3.75. The Bertz CT molecular complexity index is 1110. The van der Waals surface area contributed by atoms with Gasteiger partial charge in [0.05, 0.1) is 5.75 Å². The zero-order valence-electron chi connectivity index (χ0n) is 18.3. The van der Waals surface area contributed by atoms with Crippen LogP contribution in [0.1, 0.15) is 29.2 Å². The molecule has 33 heavy (non-hydrogen) atoms. The van der Waals surface area contributed by atoms with Crippen LogP contribution in [0, 0.1) is 11.7 Å². The van der Waals surface area contributed by atoms with Crippen LogP contribution in [-0.4, -0.2) is 46.0 Å². The minimum atomic E-state index is -0.412. The molecule has 10 heteroatoms. The number of urea groups is 1. The molecule has 1 saturated heterocycles. The van der Waals surface area contributed by atoms with Crippen LogP contribution < -0.4 is 10.6 Å². The SMILES string of the molecule is Cn1ccnc1SCc1ccc(C(=O)N2CCCC(CNC(=O)Nc3cccc(F)c3)C2)o1. The molecule has 3 amide bonds. The number of imidazole rings is 1. The zero-order chi connectivity index (χ0) is 23.2. The number of nitrogens with zero attached hydrogens (tertiary/aromatic N) is 3. The van der Waals surface area contributed by atoms with E-state index in [1.807, 2.05) is 23.9 Å². The van der Waals surface area contributed by atoms with Crippen LogP contribution in [-0.2, 0) is 12.8 Å². The van der Waals surface area contributed by atoms with Gasteiger partial charge in [-0.1, -0.05) is 17.8 Å². The molecule has 0 spiro atoms. The predicted octanol–water partition coefficient (Wildman–Crippen LogP) is 4.12. The molecule has 0 radical (unpaired) electrons. The Kier molecular flexibility index (Phi) is 7.33. The summed E-state index contributed by atoms with van der Waals surface area (Å²) in [5.74, 6) is 1.21.